The summed E-state index contributed by atoms with van der Waals surface area (Å²) in [7, 11) is 0. The lowest BCUT2D eigenvalue weighted by molar-refractivity contribution is -0.130. The van der Waals surface area contributed by atoms with Gasteiger partial charge in [-0.15, -0.1) is 0 Å². The number of amides is 1. The van der Waals surface area contributed by atoms with E-state index in [0.717, 1.165) is 5.56 Å². The first-order valence-electron chi connectivity index (χ1n) is 5.88. The number of carbonyl (C=O) groups is 1. The molecule has 0 aliphatic heterocycles. The van der Waals surface area contributed by atoms with Crippen LogP contribution in [0.1, 0.15) is 33.3 Å². The summed E-state index contributed by atoms with van der Waals surface area (Å²) in [6, 6.07) is 9.82. The molecule has 1 unspecified atom stereocenters. The third kappa shape index (κ3) is 3.30. The van der Waals surface area contributed by atoms with E-state index in [1.165, 1.54) is 0 Å². The molecular weight excluding hydrogens is 212 g/mol. The molecule has 1 rings (SSSR count). The Balaban J connectivity index is 2.95. The van der Waals surface area contributed by atoms with Crippen molar-refractivity contribution in [2.45, 2.75) is 33.2 Å². The first kappa shape index (κ1) is 13.7. The van der Waals surface area contributed by atoms with Crippen molar-refractivity contribution in [2.24, 2.45) is 11.1 Å². The molecule has 1 amide bonds. The van der Waals surface area contributed by atoms with Crippen LogP contribution in [0.25, 0.3) is 0 Å². The van der Waals surface area contributed by atoms with Gasteiger partial charge < -0.3 is 11.1 Å². The van der Waals surface area contributed by atoms with Crippen LogP contribution in [-0.4, -0.2) is 12.5 Å². The number of nitrogens with one attached hydrogen (secondary N) is 1. The first-order chi connectivity index (χ1) is 7.79. The highest BCUT2D eigenvalue weighted by Gasteiger charge is 2.31. The Hall–Kier alpha value is -1.35. The second-order valence-electron chi connectivity index (χ2n) is 5.61. The van der Waals surface area contributed by atoms with Crippen molar-refractivity contribution >= 4 is 5.91 Å². The maximum Gasteiger partial charge on any atom is 0.226 e. The predicted molar refractivity (Wildman–Crippen MR) is 70.4 cm³/mol. The fraction of sp³-hybridized carbons (Fsp3) is 0.500. The maximum atomic E-state index is 12.0. The minimum absolute atomic E-state index is 0.00861. The van der Waals surface area contributed by atoms with Gasteiger partial charge in [0.2, 0.25) is 5.91 Å². The molecule has 0 aromatic heterocycles. The van der Waals surface area contributed by atoms with Gasteiger partial charge in [0.25, 0.3) is 0 Å². The molecule has 3 heteroatoms. The monoisotopic (exact) mass is 234 g/mol. The lowest BCUT2D eigenvalue weighted by Crippen LogP contribution is -2.52. The summed E-state index contributed by atoms with van der Waals surface area (Å²) in [5, 5.41) is 3.04. The molecule has 94 valence electrons. The molecule has 0 fully saturated rings. The van der Waals surface area contributed by atoms with Gasteiger partial charge in [-0.1, -0.05) is 51.1 Å². The molecule has 0 radical (unpaired) electrons. The summed E-state index contributed by atoms with van der Waals surface area (Å²) in [5.74, 6) is 0.00861. The van der Waals surface area contributed by atoms with E-state index >= 15 is 0 Å². The highest BCUT2D eigenvalue weighted by molar-refractivity contribution is 5.82. The van der Waals surface area contributed by atoms with Gasteiger partial charge >= 0.3 is 0 Å². The van der Waals surface area contributed by atoms with E-state index in [1.807, 2.05) is 58.0 Å². The van der Waals surface area contributed by atoms with Crippen LogP contribution in [0.4, 0.5) is 0 Å². The van der Waals surface area contributed by atoms with Gasteiger partial charge in [-0.25, -0.2) is 0 Å². The van der Waals surface area contributed by atoms with Crippen molar-refractivity contribution in [1.82, 2.24) is 5.32 Å². The molecule has 0 aliphatic rings. The van der Waals surface area contributed by atoms with E-state index in [4.69, 9.17) is 5.73 Å². The van der Waals surface area contributed by atoms with Crippen molar-refractivity contribution in [3.63, 3.8) is 0 Å². The smallest absolute Gasteiger partial charge is 0.226 e. The molecule has 0 heterocycles. The predicted octanol–water partition coefficient (Wildman–Crippen LogP) is 2.02. The third-order valence-corrected chi connectivity index (χ3v) is 2.89. The molecule has 1 aromatic rings. The van der Waals surface area contributed by atoms with Crippen LogP contribution in [0.2, 0.25) is 0 Å². The van der Waals surface area contributed by atoms with Gasteiger partial charge in [0.05, 0.1) is 5.54 Å². The minimum Gasteiger partial charge on any atom is -0.345 e. The zero-order chi connectivity index (χ0) is 13.1. The Morgan fingerprint density at radius 1 is 1.18 bits per heavy atom. The number of benzene rings is 1. The summed E-state index contributed by atoms with van der Waals surface area (Å²) in [6.45, 7) is 8.00. The molecular formula is C14H22N2O. The Morgan fingerprint density at radius 2 is 1.71 bits per heavy atom. The lowest BCUT2D eigenvalue weighted by atomic mass is 9.88. The van der Waals surface area contributed by atoms with E-state index in [1.54, 1.807) is 0 Å². The van der Waals surface area contributed by atoms with Crippen LogP contribution in [0, 0.1) is 5.41 Å². The first-order valence-corrected chi connectivity index (χ1v) is 5.88. The zero-order valence-electron chi connectivity index (χ0n) is 11.1. The van der Waals surface area contributed by atoms with Gasteiger partial charge in [-0.05, 0) is 12.5 Å². The fourth-order valence-corrected chi connectivity index (χ4v) is 1.49. The van der Waals surface area contributed by atoms with Crippen LogP contribution in [-0.2, 0) is 10.3 Å². The van der Waals surface area contributed by atoms with E-state index in [2.05, 4.69) is 5.32 Å². The van der Waals surface area contributed by atoms with Crippen LogP contribution in [0.3, 0.4) is 0 Å². The SMILES string of the molecule is CC(C)(C)C(=O)NC(C)(CN)c1ccccc1. The van der Waals surface area contributed by atoms with Gasteiger partial charge in [-0.3, -0.25) is 4.79 Å². The molecule has 17 heavy (non-hydrogen) atoms. The average molecular weight is 234 g/mol. The molecule has 0 aliphatic carbocycles. The second-order valence-corrected chi connectivity index (χ2v) is 5.61. The Kier molecular flexibility index (Phi) is 3.94. The summed E-state index contributed by atoms with van der Waals surface area (Å²) >= 11 is 0. The number of nitrogens with two attached hydrogens (primary N) is 1. The summed E-state index contributed by atoms with van der Waals surface area (Å²) in [6.07, 6.45) is 0. The number of hydrogen-bond donors (Lipinski definition) is 2. The Labute approximate surface area is 103 Å². The number of hydrogen-bond acceptors (Lipinski definition) is 2. The molecule has 0 saturated carbocycles. The summed E-state index contributed by atoms with van der Waals surface area (Å²) in [4.78, 5) is 12.0. The Bertz CT molecular complexity index is 381. The van der Waals surface area contributed by atoms with Crippen LogP contribution >= 0.6 is 0 Å². The van der Waals surface area contributed by atoms with Gasteiger partial charge in [-0.2, -0.15) is 0 Å². The maximum absolute atomic E-state index is 12.0. The van der Waals surface area contributed by atoms with E-state index < -0.39 is 11.0 Å². The average Bonchev–Trinajstić information content (AvgIpc) is 2.28. The van der Waals surface area contributed by atoms with Crippen molar-refractivity contribution < 1.29 is 4.79 Å². The minimum atomic E-state index is -0.508. The molecule has 3 N–H and O–H groups in total. The molecule has 3 nitrogen and oxygen atoms in total. The van der Waals surface area contributed by atoms with Crippen molar-refractivity contribution in [2.75, 3.05) is 6.54 Å². The van der Waals surface area contributed by atoms with Crippen molar-refractivity contribution in [1.29, 1.82) is 0 Å². The highest BCUT2D eigenvalue weighted by Crippen LogP contribution is 2.22. The van der Waals surface area contributed by atoms with Crippen LogP contribution in [0.5, 0.6) is 0 Å². The number of rotatable bonds is 3. The highest BCUT2D eigenvalue weighted by atomic mass is 16.2. The molecule has 0 spiro atoms. The lowest BCUT2D eigenvalue weighted by Gasteiger charge is -2.33. The summed E-state index contributed by atoms with van der Waals surface area (Å²) in [5.41, 5.74) is 5.92. The zero-order valence-corrected chi connectivity index (χ0v) is 11.1. The quantitative estimate of drug-likeness (QED) is 0.840. The van der Waals surface area contributed by atoms with Gasteiger partial charge in [0.15, 0.2) is 0 Å². The molecule has 0 bridgehead atoms. The third-order valence-electron chi connectivity index (χ3n) is 2.89. The van der Waals surface area contributed by atoms with Crippen LogP contribution < -0.4 is 11.1 Å². The van der Waals surface area contributed by atoms with E-state index in [9.17, 15) is 4.79 Å². The van der Waals surface area contributed by atoms with Gasteiger partial charge in [0.1, 0.15) is 0 Å². The molecule has 1 atom stereocenters. The van der Waals surface area contributed by atoms with Crippen molar-refractivity contribution in [3.05, 3.63) is 35.9 Å². The van der Waals surface area contributed by atoms with Gasteiger partial charge in [0, 0.05) is 12.0 Å². The summed E-state index contributed by atoms with van der Waals surface area (Å²) < 4.78 is 0. The van der Waals surface area contributed by atoms with Crippen molar-refractivity contribution in [3.8, 4) is 0 Å². The molecule has 0 saturated heterocycles. The largest absolute Gasteiger partial charge is 0.345 e. The second kappa shape index (κ2) is 4.88. The normalized spacial score (nSPS) is 15.1. The van der Waals surface area contributed by atoms with Crippen LogP contribution in [0.15, 0.2) is 30.3 Å². The topological polar surface area (TPSA) is 55.1 Å². The van der Waals surface area contributed by atoms with E-state index in [-0.39, 0.29) is 5.91 Å². The Morgan fingerprint density at radius 3 is 2.12 bits per heavy atom. The number of carbonyl (C=O) groups excluding carboxylic acids is 1. The molecule has 1 aromatic carbocycles. The standard InChI is InChI=1S/C14H22N2O/c1-13(2,3)12(17)16-14(4,10-15)11-8-6-5-7-9-11/h5-9H,10,15H2,1-4H3,(H,16,17). The fourth-order valence-electron chi connectivity index (χ4n) is 1.49. The van der Waals surface area contributed by atoms with E-state index in [0.29, 0.717) is 6.54 Å².